The Morgan fingerprint density at radius 2 is 1.89 bits per heavy atom. The molecule has 6 nitrogen and oxygen atoms in total. The average Bonchev–Trinajstić information content (AvgIpc) is 2.53. The maximum absolute atomic E-state index is 12.6. The average molecular weight is 418 g/mol. The van der Waals surface area contributed by atoms with Gasteiger partial charge in [-0.25, -0.2) is 13.1 Å². The molecule has 2 rings (SSSR count). The maximum Gasteiger partial charge on any atom is 0.241 e. The fraction of sp³-hybridized carbons (Fsp3) is 0.632. The number of hydrogen-bond donors (Lipinski definition) is 2. The molecular formula is C19H32ClN3O3S. The number of amides is 1. The quantitative estimate of drug-likeness (QED) is 0.742. The smallest absolute Gasteiger partial charge is 0.241 e. The van der Waals surface area contributed by atoms with Crippen LogP contribution in [0.1, 0.15) is 42.9 Å². The highest BCUT2D eigenvalue weighted by atomic mass is 35.5. The Bertz CT molecular complexity index is 742. The number of piperidine rings is 1. The molecule has 1 aliphatic heterocycles. The minimum Gasteiger partial charge on any atom is -0.342 e. The molecule has 0 aliphatic carbocycles. The zero-order chi connectivity index (χ0) is 19.5. The summed E-state index contributed by atoms with van der Waals surface area (Å²) in [6, 6.07) is 3.78. The third-order valence-corrected chi connectivity index (χ3v) is 6.82. The van der Waals surface area contributed by atoms with Gasteiger partial charge in [0.15, 0.2) is 0 Å². The highest BCUT2D eigenvalue weighted by molar-refractivity contribution is 7.89. The molecule has 0 aromatic heterocycles. The molecule has 0 bridgehead atoms. The second-order valence-corrected chi connectivity index (χ2v) is 9.18. The van der Waals surface area contributed by atoms with E-state index in [-0.39, 0.29) is 37.3 Å². The van der Waals surface area contributed by atoms with Crippen molar-refractivity contribution >= 4 is 28.3 Å². The van der Waals surface area contributed by atoms with E-state index in [1.165, 1.54) is 0 Å². The van der Waals surface area contributed by atoms with Crippen molar-refractivity contribution in [3.63, 3.8) is 0 Å². The summed E-state index contributed by atoms with van der Waals surface area (Å²) in [5, 5.41) is 0. The van der Waals surface area contributed by atoms with E-state index in [1.54, 1.807) is 13.8 Å². The fourth-order valence-electron chi connectivity index (χ4n) is 3.78. The predicted octanol–water partition coefficient (Wildman–Crippen LogP) is 2.29. The summed E-state index contributed by atoms with van der Waals surface area (Å²) in [6.07, 6.45) is 2.15. The number of carbonyl (C=O) groups excluding carboxylic acids is 1. The predicted molar refractivity (Wildman–Crippen MR) is 111 cm³/mol. The molecule has 1 saturated heterocycles. The van der Waals surface area contributed by atoms with Crippen LogP contribution >= 0.6 is 12.4 Å². The molecule has 1 amide bonds. The maximum atomic E-state index is 12.6. The normalized spacial score (nSPS) is 18.7. The van der Waals surface area contributed by atoms with Crippen molar-refractivity contribution < 1.29 is 13.2 Å². The topological polar surface area (TPSA) is 92.5 Å². The number of benzene rings is 1. The number of nitrogens with one attached hydrogen (secondary N) is 1. The van der Waals surface area contributed by atoms with Crippen LogP contribution in [-0.4, -0.2) is 44.9 Å². The monoisotopic (exact) mass is 417 g/mol. The number of likely N-dealkylation sites (tertiary alicyclic amines) is 1. The Balaban J connectivity index is 0.00000364. The molecule has 2 unspecified atom stereocenters. The van der Waals surface area contributed by atoms with Gasteiger partial charge < -0.3 is 10.6 Å². The number of nitrogens with two attached hydrogens (primary N) is 1. The van der Waals surface area contributed by atoms with Gasteiger partial charge >= 0.3 is 0 Å². The summed E-state index contributed by atoms with van der Waals surface area (Å²) in [7, 11) is -3.63. The Morgan fingerprint density at radius 3 is 2.44 bits per heavy atom. The van der Waals surface area contributed by atoms with E-state index >= 15 is 0 Å². The lowest BCUT2D eigenvalue weighted by molar-refractivity contribution is -0.132. The van der Waals surface area contributed by atoms with Crippen LogP contribution in [0.5, 0.6) is 0 Å². The van der Waals surface area contributed by atoms with Crippen LogP contribution in [0.25, 0.3) is 0 Å². The zero-order valence-corrected chi connectivity index (χ0v) is 18.3. The van der Waals surface area contributed by atoms with Gasteiger partial charge in [0, 0.05) is 32.1 Å². The Hall–Kier alpha value is -1.15. The van der Waals surface area contributed by atoms with Gasteiger partial charge in [0.05, 0.1) is 4.90 Å². The van der Waals surface area contributed by atoms with Gasteiger partial charge in [-0.2, -0.15) is 0 Å². The van der Waals surface area contributed by atoms with Gasteiger partial charge in [-0.05, 0) is 57.6 Å². The molecule has 1 aromatic carbocycles. The molecule has 8 heteroatoms. The zero-order valence-electron chi connectivity index (χ0n) is 16.6. The highest BCUT2D eigenvalue weighted by Gasteiger charge is 2.26. The lowest BCUT2D eigenvalue weighted by Crippen LogP contribution is -2.45. The summed E-state index contributed by atoms with van der Waals surface area (Å²) in [6.45, 7) is 9.00. The van der Waals surface area contributed by atoms with Gasteiger partial charge in [0.25, 0.3) is 0 Å². The van der Waals surface area contributed by atoms with Crippen LogP contribution in [0.4, 0.5) is 0 Å². The molecular weight excluding hydrogens is 386 g/mol. The SMILES string of the molecule is Cc1cc(C)c(S(=O)(=O)NCCC(=O)N2CCCC(C(C)N)C2)c(C)c1.Cl. The van der Waals surface area contributed by atoms with E-state index in [4.69, 9.17) is 5.73 Å². The third kappa shape index (κ3) is 6.17. The molecule has 0 radical (unpaired) electrons. The first kappa shape index (κ1) is 23.9. The van der Waals surface area contributed by atoms with Gasteiger partial charge in [-0.3, -0.25) is 4.79 Å². The van der Waals surface area contributed by atoms with Crippen LogP contribution in [0.15, 0.2) is 17.0 Å². The van der Waals surface area contributed by atoms with Crippen LogP contribution in [-0.2, 0) is 14.8 Å². The van der Waals surface area contributed by atoms with Crippen molar-refractivity contribution in [3.8, 4) is 0 Å². The van der Waals surface area contributed by atoms with Crippen molar-refractivity contribution in [2.45, 2.75) is 57.9 Å². The van der Waals surface area contributed by atoms with E-state index in [2.05, 4.69) is 4.72 Å². The number of sulfonamides is 1. The van der Waals surface area contributed by atoms with E-state index in [1.807, 2.05) is 30.9 Å². The number of halogens is 1. The summed E-state index contributed by atoms with van der Waals surface area (Å²) < 4.78 is 27.8. The van der Waals surface area contributed by atoms with Crippen molar-refractivity contribution in [2.75, 3.05) is 19.6 Å². The minimum absolute atomic E-state index is 0. The molecule has 1 aromatic rings. The third-order valence-electron chi connectivity index (χ3n) is 5.06. The Labute approximate surface area is 169 Å². The number of carbonyl (C=O) groups is 1. The molecule has 0 spiro atoms. The Kier molecular flexibility index (Phi) is 8.73. The van der Waals surface area contributed by atoms with E-state index in [0.29, 0.717) is 17.4 Å². The van der Waals surface area contributed by atoms with Crippen molar-refractivity contribution in [1.82, 2.24) is 9.62 Å². The molecule has 154 valence electrons. The Morgan fingerprint density at radius 1 is 1.30 bits per heavy atom. The summed E-state index contributed by atoms with van der Waals surface area (Å²) in [5.41, 5.74) is 8.43. The number of aryl methyl sites for hydroxylation is 3. The summed E-state index contributed by atoms with van der Waals surface area (Å²) in [4.78, 5) is 14.5. The van der Waals surface area contributed by atoms with Crippen molar-refractivity contribution in [2.24, 2.45) is 11.7 Å². The van der Waals surface area contributed by atoms with E-state index < -0.39 is 10.0 Å². The lowest BCUT2D eigenvalue weighted by atomic mass is 9.92. The fourth-order valence-corrected chi connectivity index (χ4v) is 5.26. The highest BCUT2D eigenvalue weighted by Crippen LogP contribution is 2.22. The first-order valence-electron chi connectivity index (χ1n) is 9.22. The molecule has 0 saturated carbocycles. The van der Waals surface area contributed by atoms with Gasteiger partial charge in [-0.1, -0.05) is 17.7 Å². The number of nitrogens with zero attached hydrogens (tertiary/aromatic N) is 1. The van der Waals surface area contributed by atoms with E-state index in [0.717, 1.165) is 36.1 Å². The molecule has 1 heterocycles. The number of rotatable bonds is 6. The van der Waals surface area contributed by atoms with E-state index in [9.17, 15) is 13.2 Å². The standard InChI is InChI=1S/C19H31N3O3S.ClH/c1-13-10-14(2)19(15(3)11-13)26(24,25)21-8-7-18(23)22-9-5-6-17(12-22)16(4)20;/h10-11,16-17,21H,5-9,12,20H2,1-4H3;1H. The second kappa shape index (κ2) is 9.87. The summed E-state index contributed by atoms with van der Waals surface area (Å²) in [5.74, 6) is 0.303. The molecule has 1 fully saturated rings. The van der Waals surface area contributed by atoms with Crippen LogP contribution < -0.4 is 10.5 Å². The molecule has 1 aliphatic rings. The molecule has 27 heavy (non-hydrogen) atoms. The molecule has 3 N–H and O–H groups in total. The van der Waals surface area contributed by atoms with Gasteiger partial charge in [0.1, 0.15) is 0 Å². The first-order valence-corrected chi connectivity index (χ1v) is 10.7. The van der Waals surface area contributed by atoms with Gasteiger partial charge in [-0.15, -0.1) is 12.4 Å². The lowest BCUT2D eigenvalue weighted by Gasteiger charge is -2.34. The van der Waals surface area contributed by atoms with Crippen LogP contribution in [0.3, 0.4) is 0 Å². The largest absolute Gasteiger partial charge is 0.342 e. The number of hydrogen-bond acceptors (Lipinski definition) is 4. The van der Waals surface area contributed by atoms with Gasteiger partial charge in [0.2, 0.25) is 15.9 Å². The first-order chi connectivity index (χ1) is 12.1. The molecule has 2 atom stereocenters. The van der Waals surface area contributed by atoms with Crippen molar-refractivity contribution in [1.29, 1.82) is 0 Å². The minimum atomic E-state index is -3.63. The van der Waals surface area contributed by atoms with Crippen LogP contribution in [0, 0.1) is 26.7 Å². The van der Waals surface area contributed by atoms with Crippen LogP contribution in [0.2, 0.25) is 0 Å². The van der Waals surface area contributed by atoms with Crippen molar-refractivity contribution in [3.05, 3.63) is 28.8 Å². The second-order valence-electron chi connectivity index (χ2n) is 7.48. The summed E-state index contributed by atoms with van der Waals surface area (Å²) >= 11 is 0.